The summed E-state index contributed by atoms with van der Waals surface area (Å²) in [5, 5.41) is 2.21. The third-order valence-corrected chi connectivity index (χ3v) is 7.26. The molecule has 0 unspecified atom stereocenters. The van der Waals surface area contributed by atoms with Crippen molar-refractivity contribution in [1.29, 1.82) is 0 Å². The maximum Gasteiger partial charge on any atom is 0.161 e. The molecular formula is C31H35N3O4. The Morgan fingerprint density at radius 3 is 1.97 bits per heavy atom. The summed E-state index contributed by atoms with van der Waals surface area (Å²) in [5.41, 5.74) is 4.54. The molecule has 0 saturated carbocycles. The third kappa shape index (κ3) is 5.34. The molecule has 0 amide bonds. The van der Waals surface area contributed by atoms with Gasteiger partial charge in [-0.2, -0.15) is 0 Å². The molecule has 0 radical (unpaired) electrons. The second-order valence-electron chi connectivity index (χ2n) is 9.45. The molecule has 38 heavy (non-hydrogen) atoms. The number of methoxy groups -OCH3 is 4. The zero-order valence-corrected chi connectivity index (χ0v) is 22.6. The number of nitrogens with zero attached hydrogens (tertiary/aromatic N) is 3. The SMILES string of the molecule is COc1ccc(Cc2ncc(CN3CCN(c4ccccc4)CC3)c3cc(OC)c(OC)cc23)cc1OC. The number of para-hydroxylation sites is 1. The second-order valence-corrected chi connectivity index (χ2v) is 9.45. The van der Waals surface area contributed by atoms with Gasteiger partial charge in [0.2, 0.25) is 0 Å². The molecule has 0 spiro atoms. The zero-order chi connectivity index (χ0) is 26.5. The van der Waals surface area contributed by atoms with Crippen molar-refractivity contribution in [3.05, 3.63) is 83.7 Å². The first kappa shape index (κ1) is 25.7. The van der Waals surface area contributed by atoms with Crippen LogP contribution < -0.4 is 23.8 Å². The Morgan fingerprint density at radius 1 is 0.684 bits per heavy atom. The Bertz CT molecular complexity index is 1390. The Hall–Kier alpha value is -3.97. The van der Waals surface area contributed by atoms with E-state index in [9.17, 15) is 0 Å². The lowest BCUT2D eigenvalue weighted by Gasteiger charge is -2.36. The molecule has 1 aliphatic heterocycles. The lowest BCUT2D eigenvalue weighted by Crippen LogP contribution is -2.46. The maximum atomic E-state index is 5.67. The number of benzene rings is 3. The Morgan fingerprint density at radius 2 is 1.32 bits per heavy atom. The summed E-state index contributed by atoms with van der Waals surface area (Å²) in [4.78, 5) is 9.91. The fraction of sp³-hybridized carbons (Fsp3) is 0.323. The van der Waals surface area contributed by atoms with Gasteiger partial charge in [-0.25, -0.2) is 0 Å². The van der Waals surface area contributed by atoms with Gasteiger partial charge in [-0.05, 0) is 52.9 Å². The molecule has 1 aromatic heterocycles. The van der Waals surface area contributed by atoms with Crippen LogP contribution in [-0.4, -0.2) is 64.5 Å². The zero-order valence-electron chi connectivity index (χ0n) is 22.6. The molecule has 4 aromatic rings. The van der Waals surface area contributed by atoms with Crippen molar-refractivity contribution in [2.75, 3.05) is 59.5 Å². The Labute approximate surface area is 224 Å². The maximum absolute atomic E-state index is 5.67. The molecule has 0 N–H and O–H groups in total. The summed E-state index contributed by atoms with van der Waals surface area (Å²) in [5.74, 6) is 2.84. The predicted molar refractivity (Wildman–Crippen MR) is 151 cm³/mol. The van der Waals surface area contributed by atoms with Crippen LogP contribution >= 0.6 is 0 Å². The number of piperazine rings is 1. The van der Waals surface area contributed by atoms with E-state index in [0.717, 1.165) is 60.5 Å². The van der Waals surface area contributed by atoms with Crippen molar-refractivity contribution in [3.8, 4) is 23.0 Å². The van der Waals surface area contributed by atoms with Gasteiger partial charge >= 0.3 is 0 Å². The minimum atomic E-state index is 0.655. The van der Waals surface area contributed by atoms with E-state index in [1.807, 2.05) is 24.4 Å². The molecule has 0 atom stereocenters. The van der Waals surface area contributed by atoms with Gasteiger partial charge in [0, 0.05) is 56.4 Å². The summed E-state index contributed by atoms with van der Waals surface area (Å²) < 4.78 is 22.3. The molecule has 1 aliphatic rings. The first-order chi connectivity index (χ1) is 18.6. The molecule has 0 aliphatic carbocycles. The van der Waals surface area contributed by atoms with Gasteiger partial charge in [-0.15, -0.1) is 0 Å². The van der Waals surface area contributed by atoms with Crippen LogP contribution in [0.2, 0.25) is 0 Å². The molecule has 1 saturated heterocycles. The summed E-state index contributed by atoms with van der Waals surface area (Å²) in [6.07, 6.45) is 2.68. The fourth-order valence-corrected chi connectivity index (χ4v) is 5.17. The molecule has 2 heterocycles. The van der Waals surface area contributed by atoms with Crippen molar-refractivity contribution < 1.29 is 18.9 Å². The van der Waals surface area contributed by atoms with E-state index in [1.54, 1.807) is 28.4 Å². The monoisotopic (exact) mass is 513 g/mol. The highest BCUT2D eigenvalue weighted by atomic mass is 16.5. The molecule has 7 nitrogen and oxygen atoms in total. The largest absolute Gasteiger partial charge is 0.493 e. The number of hydrogen-bond acceptors (Lipinski definition) is 7. The van der Waals surface area contributed by atoms with Gasteiger partial charge in [-0.3, -0.25) is 9.88 Å². The van der Waals surface area contributed by atoms with Gasteiger partial charge in [0.1, 0.15) is 0 Å². The van der Waals surface area contributed by atoms with Gasteiger partial charge in [0.25, 0.3) is 0 Å². The minimum Gasteiger partial charge on any atom is -0.493 e. The smallest absolute Gasteiger partial charge is 0.161 e. The topological polar surface area (TPSA) is 56.3 Å². The normalized spacial score (nSPS) is 13.9. The third-order valence-electron chi connectivity index (χ3n) is 7.26. The number of aromatic nitrogens is 1. The molecule has 5 rings (SSSR count). The first-order valence-electron chi connectivity index (χ1n) is 12.9. The summed E-state index contributed by atoms with van der Waals surface area (Å²) in [7, 11) is 6.65. The lowest BCUT2D eigenvalue weighted by molar-refractivity contribution is 0.250. The van der Waals surface area contributed by atoms with Gasteiger partial charge in [-0.1, -0.05) is 24.3 Å². The van der Waals surface area contributed by atoms with E-state index in [2.05, 4.69) is 52.3 Å². The van der Waals surface area contributed by atoms with Gasteiger partial charge in [0.05, 0.1) is 34.1 Å². The van der Waals surface area contributed by atoms with Crippen molar-refractivity contribution in [3.63, 3.8) is 0 Å². The fourth-order valence-electron chi connectivity index (χ4n) is 5.17. The van der Waals surface area contributed by atoms with Crippen LogP contribution in [0.4, 0.5) is 5.69 Å². The van der Waals surface area contributed by atoms with Crippen LogP contribution in [-0.2, 0) is 13.0 Å². The van der Waals surface area contributed by atoms with Crippen LogP contribution in [0.1, 0.15) is 16.8 Å². The molecule has 1 fully saturated rings. The van der Waals surface area contributed by atoms with Crippen molar-refractivity contribution >= 4 is 16.5 Å². The van der Waals surface area contributed by atoms with Crippen molar-refractivity contribution in [2.45, 2.75) is 13.0 Å². The molecular weight excluding hydrogens is 478 g/mol. The number of fused-ring (bicyclic) bond motifs is 1. The number of pyridine rings is 1. The molecule has 3 aromatic carbocycles. The Kier molecular flexibility index (Phi) is 7.84. The summed E-state index contributed by atoms with van der Waals surface area (Å²) >= 11 is 0. The van der Waals surface area contributed by atoms with E-state index < -0.39 is 0 Å². The molecule has 198 valence electrons. The van der Waals surface area contributed by atoms with Gasteiger partial charge < -0.3 is 23.8 Å². The molecule has 7 heteroatoms. The van der Waals surface area contributed by atoms with Crippen LogP contribution in [0.25, 0.3) is 10.8 Å². The van der Waals surface area contributed by atoms with E-state index in [1.165, 1.54) is 11.3 Å². The minimum absolute atomic E-state index is 0.655. The summed E-state index contributed by atoms with van der Waals surface area (Å²) in [6, 6.07) is 20.8. The predicted octanol–water partition coefficient (Wildman–Crippen LogP) is 5.18. The number of anilines is 1. The quantitative estimate of drug-likeness (QED) is 0.306. The highest BCUT2D eigenvalue weighted by molar-refractivity contribution is 5.91. The van der Waals surface area contributed by atoms with Crippen LogP contribution in [0.15, 0.2) is 66.9 Å². The van der Waals surface area contributed by atoms with Crippen LogP contribution in [0.5, 0.6) is 23.0 Å². The van der Waals surface area contributed by atoms with Crippen molar-refractivity contribution in [1.82, 2.24) is 9.88 Å². The molecule has 0 bridgehead atoms. The number of ether oxygens (including phenoxy) is 4. The highest BCUT2D eigenvalue weighted by Crippen LogP contribution is 2.36. The van der Waals surface area contributed by atoms with Gasteiger partial charge in [0.15, 0.2) is 23.0 Å². The highest BCUT2D eigenvalue weighted by Gasteiger charge is 2.20. The number of rotatable bonds is 9. The van der Waals surface area contributed by atoms with Crippen LogP contribution in [0.3, 0.4) is 0 Å². The lowest BCUT2D eigenvalue weighted by atomic mass is 9.99. The first-order valence-corrected chi connectivity index (χ1v) is 12.9. The van der Waals surface area contributed by atoms with Crippen LogP contribution in [0, 0.1) is 0 Å². The van der Waals surface area contributed by atoms with E-state index in [0.29, 0.717) is 23.7 Å². The van der Waals surface area contributed by atoms with E-state index in [-0.39, 0.29) is 0 Å². The van der Waals surface area contributed by atoms with Crippen molar-refractivity contribution in [2.24, 2.45) is 0 Å². The van der Waals surface area contributed by atoms with E-state index >= 15 is 0 Å². The standard InChI is InChI=1S/C31H35N3O4/c1-35-28-11-10-22(17-29(28)36-2)16-27-26-19-31(38-4)30(37-3)18-25(26)23(20-32-27)21-33-12-14-34(15-13-33)24-8-6-5-7-9-24/h5-11,17-20H,12-16,21H2,1-4H3. The number of hydrogen-bond donors (Lipinski definition) is 0. The van der Waals surface area contributed by atoms with E-state index in [4.69, 9.17) is 23.9 Å². The second kappa shape index (κ2) is 11.6. The summed E-state index contributed by atoms with van der Waals surface area (Å²) in [6.45, 7) is 4.83. The Balaban J connectivity index is 1.43. The average molecular weight is 514 g/mol. The average Bonchev–Trinajstić information content (AvgIpc) is 2.98.